The zero-order valence-electron chi connectivity index (χ0n) is 12.3. The van der Waals surface area contributed by atoms with Crippen molar-refractivity contribution in [3.05, 3.63) is 71.8 Å². The molecule has 0 fully saturated rings. The quantitative estimate of drug-likeness (QED) is 0.856. The van der Waals surface area contributed by atoms with Crippen molar-refractivity contribution in [3.8, 4) is 0 Å². The minimum absolute atomic E-state index is 0.0270. The number of amides is 1. The van der Waals surface area contributed by atoms with Crippen LogP contribution in [0.15, 0.2) is 60.7 Å². The second kappa shape index (κ2) is 7.60. The van der Waals surface area contributed by atoms with Gasteiger partial charge in [0, 0.05) is 24.9 Å². The second-order valence-corrected chi connectivity index (χ2v) is 5.36. The van der Waals surface area contributed by atoms with E-state index >= 15 is 0 Å². The number of hydrogen-bond acceptors (Lipinski definition) is 2. The minimum Gasteiger partial charge on any atom is -0.355 e. The maximum absolute atomic E-state index is 12.1. The van der Waals surface area contributed by atoms with Gasteiger partial charge in [0.2, 0.25) is 5.91 Å². The molecular weight excluding hydrogens is 260 g/mol. The summed E-state index contributed by atoms with van der Waals surface area (Å²) in [7, 11) is 0. The van der Waals surface area contributed by atoms with Crippen molar-refractivity contribution < 1.29 is 4.79 Å². The van der Waals surface area contributed by atoms with Gasteiger partial charge in [0.05, 0.1) is 0 Å². The molecule has 21 heavy (non-hydrogen) atoms. The molecule has 3 N–H and O–H groups in total. The van der Waals surface area contributed by atoms with Gasteiger partial charge >= 0.3 is 0 Å². The van der Waals surface area contributed by atoms with E-state index in [2.05, 4.69) is 29.6 Å². The van der Waals surface area contributed by atoms with Gasteiger partial charge in [-0.1, -0.05) is 60.7 Å². The Morgan fingerprint density at radius 1 is 1.00 bits per heavy atom. The zero-order chi connectivity index (χ0) is 15.1. The summed E-state index contributed by atoms with van der Waals surface area (Å²) in [6, 6.07) is 20.2. The number of nitrogens with two attached hydrogens (primary N) is 1. The number of carbonyl (C=O) groups excluding carboxylic acids is 1. The lowest BCUT2D eigenvalue weighted by Crippen LogP contribution is -2.35. The third-order valence-electron chi connectivity index (χ3n) is 3.41. The molecule has 2 aromatic carbocycles. The molecule has 0 heterocycles. The molecule has 0 aliphatic heterocycles. The largest absolute Gasteiger partial charge is 0.355 e. The van der Waals surface area contributed by atoms with Crippen LogP contribution in [0.1, 0.15) is 30.4 Å². The van der Waals surface area contributed by atoms with E-state index in [1.165, 1.54) is 0 Å². The first kappa shape index (κ1) is 15.3. The highest BCUT2D eigenvalue weighted by Gasteiger charge is 2.17. The van der Waals surface area contributed by atoms with Gasteiger partial charge in [0.25, 0.3) is 0 Å². The highest BCUT2D eigenvalue weighted by Crippen LogP contribution is 2.27. The van der Waals surface area contributed by atoms with Gasteiger partial charge in [-0.25, -0.2) is 0 Å². The van der Waals surface area contributed by atoms with Crippen LogP contribution in [0.4, 0.5) is 0 Å². The molecule has 0 aliphatic rings. The third-order valence-corrected chi connectivity index (χ3v) is 3.41. The van der Waals surface area contributed by atoms with E-state index < -0.39 is 0 Å². The van der Waals surface area contributed by atoms with E-state index in [9.17, 15) is 4.79 Å². The number of hydrogen-bond donors (Lipinski definition) is 2. The van der Waals surface area contributed by atoms with Gasteiger partial charge in [-0.15, -0.1) is 0 Å². The Labute approximate surface area is 126 Å². The van der Waals surface area contributed by atoms with Crippen molar-refractivity contribution in [2.45, 2.75) is 25.3 Å². The smallest absolute Gasteiger partial charge is 0.221 e. The lowest BCUT2D eigenvalue weighted by Gasteiger charge is -2.18. The first-order chi connectivity index (χ1) is 10.2. The molecule has 0 radical (unpaired) electrons. The fraction of sp³-hybridized carbons (Fsp3) is 0.278. The van der Waals surface area contributed by atoms with Crippen LogP contribution in [-0.2, 0) is 4.79 Å². The summed E-state index contributed by atoms with van der Waals surface area (Å²) in [5.74, 6) is 0.102. The zero-order valence-corrected chi connectivity index (χ0v) is 12.3. The molecule has 0 bridgehead atoms. The standard InChI is InChI=1S/C18H22N2O/c1-14(19)13-20-18(21)12-17(15-8-4-2-5-9-15)16-10-6-3-7-11-16/h2-11,14,17H,12-13,19H2,1H3,(H,20,21). The number of benzene rings is 2. The van der Waals surface area contributed by atoms with Crippen molar-refractivity contribution in [1.29, 1.82) is 0 Å². The predicted molar refractivity (Wildman–Crippen MR) is 86.0 cm³/mol. The summed E-state index contributed by atoms with van der Waals surface area (Å²) in [5, 5.41) is 2.89. The van der Waals surface area contributed by atoms with Crippen molar-refractivity contribution >= 4 is 5.91 Å². The highest BCUT2D eigenvalue weighted by atomic mass is 16.1. The summed E-state index contributed by atoms with van der Waals surface area (Å²) in [4.78, 5) is 12.1. The Bertz CT molecular complexity index is 512. The lowest BCUT2D eigenvalue weighted by atomic mass is 9.88. The third kappa shape index (κ3) is 4.72. The summed E-state index contributed by atoms with van der Waals surface area (Å²) in [6.45, 7) is 2.39. The second-order valence-electron chi connectivity index (χ2n) is 5.36. The van der Waals surface area contributed by atoms with E-state index in [1.54, 1.807) is 0 Å². The maximum atomic E-state index is 12.1. The van der Waals surface area contributed by atoms with Gasteiger partial charge in [0.15, 0.2) is 0 Å². The summed E-state index contributed by atoms with van der Waals surface area (Å²) >= 11 is 0. The van der Waals surface area contributed by atoms with Gasteiger partial charge in [-0.05, 0) is 18.1 Å². The van der Waals surface area contributed by atoms with Gasteiger partial charge in [-0.3, -0.25) is 4.79 Å². The molecule has 0 aliphatic carbocycles. The highest BCUT2D eigenvalue weighted by molar-refractivity contribution is 5.77. The Morgan fingerprint density at radius 3 is 1.90 bits per heavy atom. The molecule has 0 aromatic heterocycles. The summed E-state index contributed by atoms with van der Waals surface area (Å²) in [6.07, 6.45) is 0.431. The van der Waals surface area contributed by atoms with Crippen molar-refractivity contribution in [1.82, 2.24) is 5.32 Å². The minimum atomic E-state index is -0.0270. The molecule has 1 atom stereocenters. The molecule has 0 spiro atoms. The topological polar surface area (TPSA) is 55.1 Å². The number of carbonyl (C=O) groups is 1. The Morgan fingerprint density at radius 2 is 1.48 bits per heavy atom. The van der Waals surface area contributed by atoms with E-state index in [1.807, 2.05) is 43.3 Å². The number of rotatable bonds is 6. The number of nitrogens with one attached hydrogen (secondary N) is 1. The van der Waals surface area contributed by atoms with Crippen LogP contribution < -0.4 is 11.1 Å². The summed E-state index contributed by atoms with van der Waals surface area (Å²) in [5.41, 5.74) is 7.98. The Hall–Kier alpha value is -2.13. The Kier molecular flexibility index (Phi) is 5.52. The van der Waals surface area contributed by atoms with Crippen LogP contribution in [-0.4, -0.2) is 18.5 Å². The first-order valence-corrected chi connectivity index (χ1v) is 7.29. The maximum Gasteiger partial charge on any atom is 0.221 e. The Balaban J connectivity index is 2.16. The normalized spacial score (nSPS) is 12.1. The molecule has 1 unspecified atom stereocenters. The van der Waals surface area contributed by atoms with Crippen molar-refractivity contribution in [3.63, 3.8) is 0 Å². The van der Waals surface area contributed by atoms with Crippen LogP contribution in [0.2, 0.25) is 0 Å². The van der Waals surface area contributed by atoms with Crippen molar-refractivity contribution in [2.24, 2.45) is 5.73 Å². The van der Waals surface area contributed by atoms with Crippen LogP contribution in [0.3, 0.4) is 0 Å². The average Bonchev–Trinajstić information content (AvgIpc) is 2.52. The molecule has 110 valence electrons. The molecule has 3 heteroatoms. The fourth-order valence-electron chi connectivity index (χ4n) is 2.33. The fourth-order valence-corrected chi connectivity index (χ4v) is 2.33. The van der Waals surface area contributed by atoms with Crippen LogP contribution in [0.5, 0.6) is 0 Å². The monoisotopic (exact) mass is 282 g/mol. The molecule has 2 aromatic rings. The van der Waals surface area contributed by atoms with E-state index in [0.29, 0.717) is 13.0 Å². The molecule has 2 rings (SSSR count). The van der Waals surface area contributed by atoms with Crippen LogP contribution in [0.25, 0.3) is 0 Å². The van der Waals surface area contributed by atoms with E-state index in [0.717, 1.165) is 11.1 Å². The van der Waals surface area contributed by atoms with Crippen LogP contribution in [0, 0.1) is 0 Å². The molecule has 1 amide bonds. The van der Waals surface area contributed by atoms with Gasteiger partial charge in [-0.2, -0.15) is 0 Å². The first-order valence-electron chi connectivity index (χ1n) is 7.29. The van der Waals surface area contributed by atoms with E-state index in [-0.39, 0.29) is 17.9 Å². The lowest BCUT2D eigenvalue weighted by molar-refractivity contribution is -0.121. The molecule has 0 saturated carbocycles. The molecule has 3 nitrogen and oxygen atoms in total. The van der Waals surface area contributed by atoms with Gasteiger partial charge < -0.3 is 11.1 Å². The SMILES string of the molecule is CC(N)CNC(=O)CC(c1ccccc1)c1ccccc1. The van der Waals surface area contributed by atoms with Gasteiger partial charge in [0.1, 0.15) is 0 Å². The van der Waals surface area contributed by atoms with E-state index in [4.69, 9.17) is 5.73 Å². The summed E-state index contributed by atoms with van der Waals surface area (Å²) < 4.78 is 0. The molecular formula is C18H22N2O. The predicted octanol–water partition coefficient (Wildman–Crippen LogP) is 2.67. The molecule has 0 saturated heterocycles. The van der Waals surface area contributed by atoms with Crippen LogP contribution >= 0.6 is 0 Å². The average molecular weight is 282 g/mol. The van der Waals surface area contributed by atoms with Crippen molar-refractivity contribution in [2.75, 3.05) is 6.54 Å².